The molecule has 0 N–H and O–H groups in total. The highest BCUT2D eigenvalue weighted by Crippen LogP contribution is 2.24. The molecule has 0 saturated carbocycles. The Kier molecular flexibility index (Phi) is 5.39. The van der Waals surface area contributed by atoms with Crippen molar-refractivity contribution in [2.45, 2.75) is 38.5 Å². The molecule has 1 unspecified atom stereocenters. The maximum absolute atomic E-state index is 5.39. The molecule has 68 valence electrons. The third-order valence-electron chi connectivity index (χ3n) is 2.25. The largest absolute Gasteiger partial charge is 0.366 e. The monoisotopic (exact) mass is 194 g/mol. The molecule has 0 aliphatic heterocycles. The van der Waals surface area contributed by atoms with Crippen molar-refractivity contribution in [2.75, 3.05) is 12.7 Å². The fourth-order valence-electron chi connectivity index (χ4n) is 0.748. The second kappa shape index (κ2) is 5.17. The van der Waals surface area contributed by atoms with E-state index < -0.39 is 8.07 Å². The lowest BCUT2D eigenvalue weighted by Gasteiger charge is -2.24. The molecule has 0 aromatic carbocycles. The minimum absolute atomic E-state index is 0.332. The summed E-state index contributed by atoms with van der Waals surface area (Å²) in [5.74, 6) is 0. The van der Waals surface area contributed by atoms with Crippen molar-refractivity contribution in [1.29, 1.82) is 0 Å². The summed E-state index contributed by atoms with van der Waals surface area (Å²) in [7, 11) is -0.934. The lowest BCUT2D eigenvalue weighted by atomic mass is 10.3. The van der Waals surface area contributed by atoms with Gasteiger partial charge in [-0.25, -0.2) is 0 Å². The second-order valence-corrected chi connectivity index (χ2v) is 10.0. The van der Waals surface area contributed by atoms with E-state index in [4.69, 9.17) is 16.3 Å². The first-order valence-electron chi connectivity index (χ1n) is 4.12. The molecule has 0 rings (SSSR count). The average Bonchev–Trinajstić information content (AvgIpc) is 1.86. The van der Waals surface area contributed by atoms with Gasteiger partial charge in [0.15, 0.2) is 0 Å². The summed E-state index contributed by atoms with van der Waals surface area (Å²) in [6.07, 6.45) is 1.16. The number of hydrogen-bond donors (Lipinski definition) is 0. The Morgan fingerprint density at radius 1 is 1.36 bits per heavy atom. The fraction of sp³-hybridized carbons (Fsp3) is 1.00. The highest BCUT2D eigenvalue weighted by molar-refractivity contribution is 6.77. The van der Waals surface area contributed by atoms with Gasteiger partial charge in [-0.05, 0) is 12.0 Å². The van der Waals surface area contributed by atoms with Gasteiger partial charge in [-0.3, -0.25) is 0 Å². The van der Waals surface area contributed by atoms with Crippen molar-refractivity contribution in [3.05, 3.63) is 0 Å². The van der Waals surface area contributed by atoms with Crippen molar-refractivity contribution >= 4 is 19.7 Å². The Morgan fingerprint density at radius 2 is 1.91 bits per heavy atom. The molecule has 1 atom stereocenters. The van der Waals surface area contributed by atoms with E-state index in [1.54, 1.807) is 0 Å². The fourth-order valence-corrected chi connectivity index (χ4v) is 1.84. The first kappa shape index (κ1) is 11.5. The van der Waals surface area contributed by atoms with Crippen LogP contribution in [0.15, 0.2) is 0 Å². The molecule has 0 spiro atoms. The van der Waals surface area contributed by atoms with Gasteiger partial charge >= 0.3 is 0 Å². The Hall–Kier alpha value is 0.467. The predicted molar refractivity (Wildman–Crippen MR) is 54.1 cm³/mol. The zero-order chi connectivity index (χ0) is 8.91. The highest BCUT2D eigenvalue weighted by atomic mass is 35.5. The molecule has 0 aliphatic rings. The number of hydrogen-bond acceptors (Lipinski definition) is 1. The molecule has 0 aromatic rings. The van der Waals surface area contributed by atoms with Gasteiger partial charge in [0.2, 0.25) is 0 Å². The van der Waals surface area contributed by atoms with Crippen molar-refractivity contribution in [2.24, 2.45) is 0 Å². The summed E-state index contributed by atoms with van der Waals surface area (Å²) < 4.78 is 5.09. The zero-order valence-electron chi connectivity index (χ0n) is 7.98. The van der Waals surface area contributed by atoms with Gasteiger partial charge in [0.05, 0.1) is 0 Å². The van der Waals surface area contributed by atoms with Crippen LogP contribution in [0.4, 0.5) is 0 Å². The van der Waals surface area contributed by atoms with Crippen LogP contribution in [-0.4, -0.2) is 20.7 Å². The normalized spacial score (nSPS) is 15.0. The van der Waals surface area contributed by atoms with Crippen molar-refractivity contribution in [3.8, 4) is 0 Å². The quantitative estimate of drug-likeness (QED) is 0.371. The Labute approximate surface area is 76.1 Å². The van der Waals surface area contributed by atoms with E-state index >= 15 is 0 Å². The lowest BCUT2D eigenvalue weighted by Crippen LogP contribution is -2.26. The van der Waals surface area contributed by atoms with E-state index in [1.165, 1.54) is 0 Å². The molecule has 0 fully saturated rings. The van der Waals surface area contributed by atoms with E-state index in [0.29, 0.717) is 6.07 Å². The molecule has 0 aromatic heterocycles. The third-order valence-corrected chi connectivity index (χ3v) is 5.65. The number of rotatable bonds is 5. The van der Waals surface area contributed by atoms with E-state index in [0.717, 1.165) is 18.6 Å². The summed E-state index contributed by atoms with van der Waals surface area (Å²) in [5.41, 5.74) is 0.825. The van der Waals surface area contributed by atoms with Gasteiger partial charge in [-0.1, -0.05) is 38.2 Å². The zero-order valence-corrected chi connectivity index (χ0v) is 9.74. The molecular formula is C8H19ClOSi. The SMILES string of the molecule is CC(CCOCCl)[Si](C)(C)C. The number of alkyl halides is 1. The van der Waals surface area contributed by atoms with Crippen LogP contribution in [0.3, 0.4) is 0 Å². The topological polar surface area (TPSA) is 9.23 Å². The molecule has 0 amide bonds. The van der Waals surface area contributed by atoms with Crippen molar-refractivity contribution in [1.82, 2.24) is 0 Å². The molecule has 0 heterocycles. The minimum atomic E-state index is -0.934. The molecule has 0 bridgehead atoms. The van der Waals surface area contributed by atoms with Gasteiger partial charge < -0.3 is 4.74 Å². The summed E-state index contributed by atoms with van der Waals surface area (Å²) >= 11 is 5.39. The van der Waals surface area contributed by atoms with Crippen LogP contribution < -0.4 is 0 Å². The number of ether oxygens (including phenoxy) is 1. The van der Waals surface area contributed by atoms with Crippen LogP contribution in [0.25, 0.3) is 0 Å². The van der Waals surface area contributed by atoms with Gasteiger partial charge in [-0.15, -0.1) is 0 Å². The van der Waals surface area contributed by atoms with E-state index in [2.05, 4.69) is 26.6 Å². The Balaban J connectivity index is 3.44. The standard InChI is InChI=1S/C8H19ClOSi/c1-8(11(2,3)4)5-6-10-7-9/h8H,5-7H2,1-4H3. The smallest absolute Gasteiger partial charge is 0.120 e. The van der Waals surface area contributed by atoms with Crippen LogP contribution >= 0.6 is 11.6 Å². The number of halogens is 1. The van der Waals surface area contributed by atoms with Crippen LogP contribution in [0.2, 0.25) is 25.2 Å². The van der Waals surface area contributed by atoms with Crippen molar-refractivity contribution < 1.29 is 4.74 Å². The molecule has 0 aliphatic carbocycles. The minimum Gasteiger partial charge on any atom is -0.366 e. The highest BCUT2D eigenvalue weighted by Gasteiger charge is 2.21. The maximum atomic E-state index is 5.39. The van der Waals surface area contributed by atoms with Crippen LogP contribution in [0, 0.1) is 0 Å². The molecular weight excluding hydrogens is 176 g/mol. The molecule has 11 heavy (non-hydrogen) atoms. The Bertz CT molecular complexity index is 101. The van der Waals surface area contributed by atoms with E-state index in [1.807, 2.05) is 0 Å². The average molecular weight is 195 g/mol. The predicted octanol–water partition coefficient (Wildman–Crippen LogP) is 3.32. The van der Waals surface area contributed by atoms with Gasteiger partial charge in [0, 0.05) is 14.7 Å². The Morgan fingerprint density at radius 3 is 2.27 bits per heavy atom. The van der Waals surface area contributed by atoms with Gasteiger partial charge in [0.1, 0.15) is 6.07 Å². The summed E-state index contributed by atoms with van der Waals surface area (Å²) in [6.45, 7) is 10.3. The van der Waals surface area contributed by atoms with Crippen LogP contribution in [-0.2, 0) is 4.74 Å². The lowest BCUT2D eigenvalue weighted by molar-refractivity contribution is 0.175. The molecule has 3 heteroatoms. The molecule has 0 radical (unpaired) electrons. The van der Waals surface area contributed by atoms with Gasteiger partial charge in [-0.2, -0.15) is 0 Å². The van der Waals surface area contributed by atoms with Crippen LogP contribution in [0.5, 0.6) is 0 Å². The summed E-state index contributed by atoms with van der Waals surface area (Å²) in [6, 6.07) is 0.332. The first-order chi connectivity index (χ1) is 4.98. The second-order valence-electron chi connectivity index (χ2n) is 4.07. The van der Waals surface area contributed by atoms with E-state index in [-0.39, 0.29) is 0 Å². The van der Waals surface area contributed by atoms with Gasteiger partial charge in [0.25, 0.3) is 0 Å². The summed E-state index contributed by atoms with van der Waals surface area (Å²) in [4.78, 5) is 0. The molecule has 1 nitrogen and oxygen atoms in total. The van der Waals surface area contributed by atoms with Crippen molar-refractivity contribution in [3.63, 3.8) is 0 Å². The molecule has 0 saturated heterocycles. The van der Waals surface area contributed by atoms with E-state index in [9.17, 15) is 0 Å². The summed E-state index contributed by atoms with van der Waals surface area (Å²) in [5, 5.41) is 0. The van der Waals surface area contributed by atoms with Crippen LogP contribution in [0.1, 0.15) is 13.3 Å². The third kappa shape index (κ3) is 5.71. The maximum Gasteiger partial charge on any atom is 0.120 e. The first-order valence-corrected chi connectivity index (χ1v) is 8.23.